The van der Waals surface area contributed by atoms with E-state index in [-0.39, 0.29) is 0 Å². The Morgan fingerprint density at radius 2 is 2.00 bits per heavy atom. The number of hydrogen-bond acceptors (Lipinski definition) is 4. The van der Waals surface area contributed by atoms with Gasteiger partial charge in [0, 0.05) is 44.1 Å². The van der Waals surface area contributed by atoms with Gasteiger partial charge >= 0.3 is 0 Å². The summed E-state index contributed by atoms with van der Waals surface area (Å²) in [7, 11) is 0. The number of ether oxygens (including phenoxy) is 1. The highest BCUT2D eigenvalue weighted by Gasteiger charge is 2.21. The largest absolute Gasteiger partial charge is 0.398 e. The van der Waals surface area contributed by atoms with Gasteiger partial charge in [0.25, 0.3) is 0 Å². The summed E-state index contributed by atoms with van der Waals surface area (Å²) in [4.78, 5) is 7.08. The first-order valence-corrected chi connectivity index (χ1v) is 7.21. The summed E-state index contributed by atoms with van der Waals surface area (Å²) in [6, 6.07) is 3.84. The fraction of sp³-hybridized carbons (Fsp3) is 0.533. The van der Waals surface area contributed by atoms with Gasteiger partial charge in [-0.2, -0.15) is 0 Å². The second-order valence-electron chi connectivity index (χ2n) is 5.73. The van der Waals surface area contributed by atoms with Gasteiger partial charge in [-0.1, -0.05) is 0 Å². The zero-order valence-electron chi connectivity index (χ0n) is 12.1. The molecule has 0 radical (unpaired) electrons. The van der Waals surface area contributed by atoms with Crippen molar-refractivity contribution in [3.8, 4) is 0 Å². The first kappa shape index (κ1) is 13.4. The summed E-state index contributed by atoms with van der Waals surface area (Å²) in [5.74, 6) is 0. The molecule has 3 heterocycles. The summed E-state index contributed by atoms with van der Waals surface area (Å²) < 4.78 is 7.75. The predicted octanol–water partition coefficient (Wildman–Crippen LogP) is 1.57. The first-order chi connectivity index (χ1) is 9.60. The minimum absolute atomic E-state index is 0.319. The average molecular weight is 274 g/mol. The van der Waals surface area contributed by atoms with Crippen LogP contribution >= 0.6 is 0 Å². The number of morpholine rings is 1. The maximum atomic E-state index is 5.78. The van der Waals surface area contributed by atoms with Crippen molar-refractivity contribution >= 4 is 11.3 Å². The molecule has 1 saturated heterocycles. The molecule has 0 spiro atoms. The van der Waals surface area contributed by atoms with Crippen LogP contribution in [0.4, 0.5) is 5.69 Å². The molecule has 2 aromatic heterocycles. The third-order valence-electron chi connectivity index (χ3n) is 3.70. The lowest BCUT2D eigenvalue weighted by molar-refractivity contribution is -0.0675. The second-order valence-corrected chi connectivity index (χ2v) is 5.73. The molecule has 0 aromatic carbocycles. The lowest BCUT2D eigenvalue weighted by Crippen LogP contribution is -2.46. The molecular weight excluding hydrogens is 252 g/mol. The highest BCUT2D eigenvalue weighted by molar-refractivity contribution is 5.48. The molecule has 108 valence electrons. The van der Waals surface area contributed by atoms with E-state index in [0.29, 0.717) is 12.2 Å². The van der Waals surface area contributed by atoms with Crippen LogP contribution < -0.4 is 5.73 Å². The zero-order valence-corrected chi connectivity index (χ0v) is 12.1. The van der Waals surface area contributed by atoms with E-state index in [0.717, 1.165) is 43.1 Å². The lowest BCUT2D eigenvalue weighted by atomic mass is 10.2. The summed E-state index contributed by atoms with van der Waals surface area (Å²) in [6.45, 7) is 7.30. The molecule has 0 saturated carbocycles. The smallest absolute Gasteiger partial charge is 0.137 e. The van der Waals surface area contributed by atoms with Gasteiger partial charge in [0.15, 0.2) is 0 Å². The zero-order chi connectivity index (χ0) is 14.1. The molecule has 2 unspecified atom stereocenters. The van der Waals surface area contributed by atoms with Crippen LogP contribution in [0.15, 0.2) is 24.5 Å². The minimum Gasteiger partial charge on any atom is -0.398 e. The molecule has 5 heteroatoms. The average Bonchev–Trinajstić information content (AvgIpc) is 2.77. The quantitative estimate of drug-likeness (QED) is 0.923. The third kappa shape index (κ3) is 2.94. The molecule has 5 nitrogen and oxygen atoms in total. The standard InChI is InChI=1S/C15H22N4O/c1-11-7-18(8-12(2)20-11)6-5-14-10-19-9-13(16)3-4-15(19)17-14/h3-4,9-12H,5-8,16H2,1-2H3. The van der Waals surface area contributed by atoms with Gasteiger partial charge in [-0.05, 0) is 26.0 Å². The van der Waals surface area contributed by atoms with Crippen LogP contribution in [0.3, 0.4) is 0 Å². The molecule has 2 N–H and O–H groups in total. The Balaban J connectivity index is 1.64. The van der Waals surface area contributed by atoms with Crippen molar-refractivity contribution < 1.29 is 4.74 Å². The fourth-order valence-electron chi connectivity index (χ4n) is 2.92. The molecule has 1 fully saturated rings. The van der Waals surface area contributed by atoms with Crippen LogP contribution in [0, 0.1) is 0 Å². The van der Waals surface area contributed by atoms with Crippen LogP contribution in [0.5, 0.6) is 0 Å². The summed E-state index contributed by atoms with van der Waals surface area (Å²) in [6.07, 6.45) is 5.57. The number of rotatable bonds is 3. The molecule has 20 heavy (non-hydrogen) atoms. The first-order valence-electron chi connectivity index (χ1n) is 7.21. The minimum atomic E-state index is 0.319. The second kappa shape index (κ2) is 5.42. The topological polar surface area (TPSA) is 55.8 Å². The molecule has 2 aromatic rings. The van der Waals surface area contributed by atoms with Crippen molar-refractivity contribution in [2.75, 3.05) is 25.4 Å². The van der Waals surface area contributed by atoms with Crippen molar-refractivity contribution in [2.24, 2.45) is 0 Å². The molecule has 0 bridgehead atoms. The van der Waals surface area contributed by atoms with Crippen molar-refractivity contribution in [3.05, 3.63) is 30.2 Å². The fourth-order valence-corrected chi connectivity index (χ4v) is 2.92. The highest BCUT2D eigenvalue weighted by atomic mass is 16.5. The van der Waals surface area contributed by atoms with E-state index in [4.69, 9.17) is 10.5 Å². The molecule has 1 aliphatic rings. The van der Waals surface area contributed by atoms with Crippen LogP contribution in [0.2, 0.25) is 0 Å². The van der Waals surface area contributed by atoms with Crippen LogP contribution in [0.1, 0.15) is 19.5 Å². The van der Waals surface area contributed by atoms with Gasteiger partial charge in [-0.3, -0.25) is 4.90 Å². The van der Waals surface area contributed by atoms with E-state index >= 15 is 0 Å². The Hall–Kier alpha value is -1.59. The van der Waals surface area contributed by atoms with Gasteiger partial charge in [0.2, 0.25) is 0 Å². The van der Waals surface area contributed by atoms with E-state index in [1.54, 1.807) is 0 Å². The number of nitrogens with zero attached hydrogens (tertiary/aromatic N) is 3. The number of aromatic nitrogens is 2. The number of fused-ring (bicyclic) bond motifs is 1. The van der Waals surface area contributed by atoms with Gasteiger partial charge in [-0.15, -0.1) is 0 Å². The van der Waals surface area contributed by atoms with Crippen molar-refractivity contribution in [3.63, 3.8) is 0 Å². The molecular formula is C15H22N4O. The maximum Gasteiger partial charge on any atom is 0.137 e. The maximum absolute atomic E-state index is 5.78. The number of nitrogen functional groups attached to an aromatic ring is 1. The summed E-state index contributed by atoms with van der Waals surface area (Å²) >= 11 is 0. The SMILES string of the molecule is CC1CN(CCc2cn3cc(N)ccc3n2)CC(C)O1. The Morgan fingerprint density at radius 3 is 2.75 bits per heavy atom. The molecule has 2 atom stereocenters. The van der Waals surface area contributed by atoms with Crippen LogP contribution in [0.25, 0.3) is 5.65 Å². The van der Waals surface area contributed by atoms with E-state index in [2.05, 4.69) is 29.9 Å². The van der Waals surface area contributed by atoms with E-state index in [1.807, 2.05) is 22.7 Å². The van der Waals surface area contributed by atoms with Crippen molar-refractivity contribution in [1.29, 1.82) is 0 Å². The van der Waals surface area contributed by atoms with Crippen LogP contribution in [-0.4, -0.2) is 46.1 Å². The van der Waals surface area contributed by atoms with Crippen molar-refractivity contribution in [1.82, 2.24) is 14.3 Å². The lowest BCUT2D eigenvalue weighted by Gasteiger charge is -2.35. The van der Waals surface area contributed by atoms with E-state index in [9.17, 15) is 0 Å². The van der Waals surface area contributed by atoms with E-state index < -0.39 is 0 Å². The Labute approximate surface area is 119 Å². The molecule has 1 aliphatic heterocycles. The summed E-state index contributed by atoms with van der Waals surface area (Å²) in [5, 5.41) is 0. The highest BCUT2D eigenvalue weighted by Crippen LogP contribution is 2.13. The molecule has 0 amide bonds. The normalized spacial score (nSPS) is 24.3. The number of anilines is 1. The van der Waals surface area contributed by atoms with Gasteiger partial charge in [0.1, 0.15) is 5.65 Å². The number of nitrogens with two attached hydrogens (primary N) is 1. The predicted molar refractivity (Wildman–Crippen MR) is 79.8 cm³/mol. The Kier molecular flexibility index (Phi) is 3.63. The monoisotopic (exact) mass is 274 g/mol. The summed E-state index contributed by atoms with van der Waals surface area (Å²) in [5.41, 5.74) is 8.61. The van der Waals surface area contributed by atoms with Gasteiger partial charge < -0.3 is 14.9 Å². The molecule has 0 aliphatic carbocycles. The van der Waals surface area contributed by atoms with Gasteiger partial charge in [0.05, 0.1) is 17.9 Å². The number of pyridine rings is 1. The number of imidazole rings is 1. The van der Waals surface area contributed by atoms with Crippen LogP contribution in [-0.2, 0) is 11.2 Å². The third-order valence-corrected chi connectivity index (χ3v) is 3.70. The van der Waals surface area contributed by atoms with Gasteiger partial charge in [-0.25, -0.2) is 4.98 Å². The van der Waals surface area contributed by atoms with E-state index in [1.165, 1.54) is 0 Å². The van der Waals surface area contributed by atoms with Crippen molar-refractivity contribution in [2.45, 2.75) is 32.5 Å². The number of hydrogen-bond donors (Lipinski definition) is 1. The Morgan fingerprint density at radius 1 is 1.25 bits per heavy atom. The molecule has 3 rings (SSSR count). The Bertz CT molecular complexity index is 585.